The maximum atomic E-state index is 13.4. The van der Waals surface area contributed by atoms with Crippen LogP contribution >= 0.6 is 0 Å². The number of benzene rings is 1. The number of likely N-dealkylation sites (tertiary alicyclic amines) is 1. The van der Waals surface area contributed by atoms with E-state index in [1.54, 1.807) is 36.7 Å². The van der Waals surface area contributed by atoms with Crippen LogP contribution in [-0.4, -0.2) is 39.4 Å². The molecule has 1 N–H and O–H groups in total. The molecule has 5 rings (SSSR count). The molecule has 0 aliphatic carbocycles. The van der Waals surface area contributed by atoms with Gasteiger partial charge in [0.15, 0.2) is 0 Å². The fourth-order valence-electron chi connectivity index (χ4n) is 4.94. The zero-order chi connectivity index (χ0) is 22.2. The summed E-state index contributed by atoms with van der Waals surface area (Å²) in [5, 5.41) is 2.74. The lowest BCUT2D eigenvalue weighted by Crippen LogP contribution is -2.49. The third kappa shape index (κ3) is 3.70. The van der Waals surface area contributed by atoms with Gasteiger partial charge in [-0.3, -0.25) is 19.4 Å². The van der Waals surface area contributed by atoms with Crippen LogP contribution in [0.5, 0.6) is 0 Å². The molecule has 2 aromatic heterocycles. The molecule has 2 amide bonds. The molecule has 2 bridgehead atoms. The topological polar surface area (TPSA) is 84.3 Å². The van der Waals surface area contributed by atoms with Gasteiger partial charge in [0.25, 0.3) is 11.5 Å². The van der Waals surface area contributed by atoms with Gasteiger partial charge in [-0.2, -0.15) is 0 Å². The third-order valence-electron chi connectivity index (χ3n) is 6.34. The van der Waals surface area contributed by atoms with E-state index in [-0.39, 0.29) is 29.2 Å². The number of fused-ring (bicyclic) bond motifs is 4. The number of aromatic nitrogens is 2. The predicted octanol–water partition coefficient (Wildman–Crippen LogP) is 3.13. The molecule has 0 spiro atoms. The molecule has 0 saturated carbocycles. The van der Waals surface area contributed by atoms with Gasteiger partial charge >= 0.3 is 0 Å². The molecule has 2 atom stereocenters. The lowest BCUT2D eigenvalue weighted by atomic mass is 9.82. The van der Waals surface area contributed by atoms with Gasteiger partial charge in [0.05, 0.1) is 0 Å². The molecule has 1 aromatic carbocycles. The summed E-state index contributed by atoms with van der Waals surface area (Å²) in [5.74, 6) is 0.294. The van der Waals surface area contributed by atoms with Crippen molar-refractivity contribution in [1.29, 1.82) is 0 Å². The van der Waals surface area contributed by atoms with Crippen LogP contribution in [-0.2, 0) is 11.3 Å². The van der Waals surface area contributed by atoms with E-state index >= 15 is 0 Å². The van der Waals surface area contributed by atoms with Gasteiger partial charge in [-0.15, -0.1) is 0 Å². The van der Waals surface area contributed by atoms with Crippen LogP contribution in [0.1, 0.15) is 35.3 Å². The molecule has 7 heteroatoms. The van der Waals surface area contributed by atoms with E-state index < -0.39 is 0 Å². The second kappa shape index (κ2) is 8.07. The van der Waals surface area contributed by atoms with Crippen molar-refractivity contribution in [2.45, 2.75) is 25.8 Å². The molecule has 2 aliphatic rings. The van der Waals surface area contributed by atoms with E-state index in [2.05, 4.69) is 10.3 Å². The number of rotatable bonds is 3. The molecule has 0 radical (unpaired) electrons. The Morgan fingerprint density at radius 3 is 2.44 bits per heavy atom. The molecule has 32 heavy (non-hydrogen) atoms. The standard InChI is InChI=1S/C25H24N4O3/c1-16(30)27-21-4-2-18(3-5-21)22-6-7-23-20-12-17(14-29(23)25(22)32)13-28(15-20)24(31)19-8-10-26-11-9-19/h2-11,17,20H,12-15H2,1H3,(H,27,30). The Bertz CT molecular complexity index is 1230. The maximum absolute atomic E-state index is 13.4. The Hall–Kier alpha value is -3.74. The first-order valence-electron chi connectivity index (χ1n) is 10.8. The van der Waals surface area contributed by atoms with Crippen molar-refractivity contribution in [1.82, 2.24) is 14.5 Å². The van der Waals surface area contributed by atoms with Crippen molar-refractivity contribution in [2.24, 2.45) is 5.92 Å². The Morgan fingerprint density at radius 1 is 0.969 bits per heavy atom. The number of hydrogen-bond acceptors (Lipinski definition) is 4. The predicted molar refractivity (Wildman–Crippen MR) is 121 cm³/mol. The van der Waals surface area contributed by atoms with E-state index in [1.807, 2.05) is 33.7 Å². The summed E-state index contributed by atoms with van der Waals surface area (Å²) in [6.07, 6.45) is 4.26. The summed E-state index contributed by atoms with van der Waals surface area (Å²) >= 11 is 0. The van der Waals surface area contributed by atoms with Crippen LogP contribution < -0.4 is 10.9 Å². The van der Waals surface area contributed by atoms with Gasteiger partial charge in [-0.25, -0.2) is 0 Å². The molecule has 1 saturated heterocycles. The van der Waals surface area contributed by atoms with Gasteiger partial charge in [-0.1, -0.05) is 12.1 Å². The number of carbonyl (C=O) groups excluding carboxylic acids is 2. The van der Waals surface area contributed by atoms with Gasteiger partial charge in [-0.05, 0) is 54.3 Å². The van der Waals surface area contributed by atoms with E-state index in [4.69, 9.17) is 0 Å². The van der Waals surface area contributed by atoms with Crippen molar-refractivity contribution in [3.05, 3.63) is 82.5 Å². The van der Waals surface area contributed by atoms with E-state index in [1.165, 1.54) is 6.92 Å². The number of hydrogen-bond donors (Lipinski definition) is 1. The molecule has 2 unspecified atom stereocenters. The van der Waals surface area contributed by atoms with Crippen LogP contribution in [0.15, 0.2) is 65.7 Å². The second-order valence-electron chi connectivity index (χ2n) is 8.59. The monoisotopic (exact) mass is 428 g/mol. The SMILES string of the molecule is CC(=O)Nc1ccc(-c2ccc3n(c2=O)CC2CC3CN(C(=O)c3ccncc3)C2)cc1. The molecule has 7 nitrogen and oxygen atoms in total. The summed E-state index contributed by atoms with van der Waals surface area (Å²) in [6, 6.07) is 14.7. The van der Waals surface area contributed by atoms with Crippen molar-refractivity contribution < 1.29 is 9.59 Å². The molecule has 2 aliphatic heterocycles. The van der Waals surface area contributed by atoms with Crippen molar-refractivity contribution in [2.75, 3.05) is 18.4 Å². The first-order chi connectivity index (χ1) is 15.5. The summed E-state index contributed by atoms with van der Waals surface area (Å²) in [7, 11) is 0. The van der Waals surface area contributed by atoms with Crippen molar-refractivity contribution in [3.63, 3.8) is 0 Å². The summed E-state index contributed by atoms with van der Waals surface area (Å²) in [6.45, 7) is 3.34. The lowest BCUT2D eigenvalue weighted by molar-refractivity contribution is -0.114. The van der Waals surface area contributed by atoms with Gasteiger partial charge < -0.3 is 14.8 Å². The number of piperidine rings is 1. The lowest BCUT2D eigenvalue weighted by Gasteiger charge is -2.43. The van der Waals surface area contributed by atoms with E-state index in [9.17, 15) is 14.4 Å². The number of pyridine rings is 2. The Kier molecular flexibility index (Phi) is 5.09. The first-order valence-corrected chi connectivity index (χ1v) is 10.8. The zero-order valence-corrected chi connectivity index (χ0v) is 17.8. The maximum Gasteiger partial charge on any atom is 0.258 e. The van der Waals surface area contributed by atoms with Crippen LogP contribution in [0, 0.1) is 5.92 Å². The minimum atomic E-state index is -0.130. The van der Waals surface area contributed by atoms with E-state index in [0.717, 1.165) is 17.7 Å². The first kappa shape index (κ1) is 20.2. The minimum absolute atomic E-state index is 0.00149. The highest BCUT2D eigenvalue weighted by Crippen LogP contribution is 2.36. The average Bonchev–Trinajstić information content (AvgIpc) is 2.80. The number of carbonyl (C=O) groups is 2. The molecule has 1 fully saturated rings. The van der Waals surface area contributed by atoms with Crippen molar-refractivity contribution in [3.8, 4) is 11.1 Å². The summed E-state index contributed by atoms with van der Waals surface area (Å²) in [4.78, 5) is 43.4. The molecular formula is C25H24N4O3. The van der Waals surface area contributed by atoms with Gasteiger partial charge in [0.2, 0.25) is 5.91 Å². The number of nitrogens with zero attached hydrogens (tertiary/aromatic N) is 3. The molecular weight excluding hydrogens is 404 g/mol. The number of anilines is 1. The Morgan fingerprint density at radius 2 is 1.72 bits per heavy atom. The second-order valence-corrected chi connectivity index (χ2v) is 8.59. The zero-order valence-electron chi connectivity index (χ0n) is 17.8. The fourth-order valence-corrected chi connectivity index (χ4v) is 4.94. The van der Waals surface area contributed by atoms with Gasteiger partial charge in [0.1, 0.15) is 0 Å². The van der Waals surface area contributed by atoms with Crippen LogP contribution in [0.2, 0.25) is 0 Å². The molecule has 3 aromatic rings. The largest absolute Gasteiger partial charge is 0.338 e. The summed E-state index contributed by atoms with van der Waals surface area (Å²) < 4.78 is 1.89. The third-order valence-corrected chi connectivity index (χ3v) is 6.34. The van der Waals surface area contributed by atoms with Gasteiger partial charge in [0, 0.05) is 67.4 Å². The van der Waals surface area contributed by atoms with Crippen LogP contribution in [0.4, 0.5) is 5.69 Å². The Balaban J connectivity index is 1.42. The van der Waals surface area contributed by atoms with Crippen molar-refractivity contribution >= 4 is 17.5 Å². The quantitative estimate of drug-likeness (QED) is 0.695. The highest BCUT2D eigenvalue weighted by Gasteiger charge is 2.36. The van der Waals surface area contributed by atoms with E-state index in [0.29, 0.717) is 36.4 Å². The average molecular weight is 428 g/mol. The fraction of sp³-hybridized carbons (Fsp3) is 0.280. The number of nitrogens with one attached hydrogen (secondary N) is 1. The summed E-state index contributed by atoms with van der Waals surface area (Å²) in [5.41, 5.74) is 3.82. The smallest absolute Gasteiger partial charge is 0.258 e. The highest BCUT2D eigenvalue weighted by molar-refractivity contribution is 5.94. The van der Waals surface area contributed by atoms with Crippen LogP contribution in [0.3, 0.4) is 0 Å². The Labute approximate surface area is 185 Å². The normalized spacial score (nSPS) is 19.2. The highest BCUT2D eigenvalue weighted by atomic mass is 16.2. The number of amides is 2. The molecule has 4 heterocycles. The van der Waals surface area contributed by atoms with Crippen LogP contribution in [0.25, 0.3) is 11.1 Å². The molecule has 162 valence electrons. The minimum Gasteiger partial charge on any atom is -0.338 e.